The van der Waals surface area contributed by atoms with Crippen LogP contribution in [-0.4, -0.2) is 43.3 Å². The second-order valence-electron chi connectivity index (χ2n) is 8.03. The lowest BCUT2D eigenvalue weighted by molar-refractivity contribution is 0.0735. The van der Waals surface area contributed by atoms with E-state index in [9.17, 15) is 9.59 Å². The molecule has 1 saturated heterocycles. The number of amides is 1. The summed E-state index contributed by atoms with van der Waals surface area (Å²) in [6.07, 6.45) is 5.17. The fourth-order valence-corrected chi connectivity index (χ4v) is 5.26. The standard InChI is InChI=1S/C23H24N2O2/c26-15-16-1-2-17-5-7-23(20(17)13-16)8-6-18-3-4-19(14-21(18)23)22(27)25-11-9-24-10-12-25/h1-4,13-15,24H,5-12H2. The Hall–Kier alpha value is -2.46. The summed E-state index contributed by atoms with van der Waals surface area (Å²) in [5.74, 6) is 0.140. The number of aryl methyl sites for hydroxylation is 2. The Morgan fingerprint density at radius 2 is 1.63 bits per heavy atom. The number of carbonyl (C=O) groups excluding carboxylic acids is 2. The molecule has 1 spiro atoms. The van der Waals surface area contributed by atoms with Gasteiger partial charge in [-0.1, -0.05) is 18.2 Å². The lowest BCUT2D eigenvalue weighted by Crippen LogP contribution is -2.46. The molecule has 0 radical (unpaired) electrons. The second kappa shape index (κ2) is 6.31. The van der Waals surface area contributed by atoms with Crippen LogP contribution in [0.3, 0.4) is 0 Å². The monoisotopic (exact) mass is 360 g/mol. The van der Waals surface area contributed by atoms with Crippen molar-refractivity contribution in [1.82, 2.24) is 10.2 Å². The third-order valence-corrected chi connectivity index (χ3v) is 6.70. The average molecular weight is 360 g/mol. The molecule has 1 heterocycles. The Morgan fingerprint density at radius 1 is 0.963 bits per heavy atom. The zero-order valence-electron chi connectivity index (χ0n) is 15.5. The third kappa shape index (κ3) is 2.54. The molecule has 1 unspecified atom stereocenters. The van der Waals surface area contributed by atoms with Gasteiger partial charge in [0.25, 0.3) is 5.91 Å². The van der Waals surface area contributed by atoms with Crippen LogP contribution in [0.1, 0.15) is 55.8 Å². The fraction of sp³-hybridized carbons (Fsp3) is 0.391. The zero-order chi connectivity index (χ0) is 18.4. The molecule has 4 heteroatoms. The van der Waals surface area contributed by atoms with Gasteiger partial charge in [0.1, 0.15) is 6.29 Å². The maximum Gasteiger partial charge on any atom is 0.253 e. The van der Waals surface area contributed by atoms with Crippen LogP contribution >= 0.6 is 0 Å². The van der Waals surface area contributed by atoms with E-state index in [1.54, 1.807) is 0 Å². The number of carbonyl (C=O) groups is 2. The van der Waals surface area contributed by atoms with Gasteiger partial charge in [0.2, 0.25) is 0 Å². The summed E-state index contributed by atoms with van der Waals surface area (Å²) in [5.41, 5.74) is 6.85. The van der Waals surface area contributed by atoms with E-state index < -0.39 is 0 Å². The minimum atomic E-state index is -0.0244. The molecule has 2 aliphatic carbocycles. The minimum absolute atomic E-state index is 0.0244. The number of piperazine rings is 1. The molecule has 1 fully saturated rings. The quantitative estimate of drug-likeness (QED) is 0.838. The maximum absolute atomic E-state index is 13.0. The van der Waals surface area contributed by atoms with Gasteiger partial charge in [-0.25, -0.2) is 0 Å². The van der Waals surface area contributed by atoms with Crippen molar-refractivity contribution in [3.8, 4) is 0 Å². The highest BCUT2D eigenvalue weighted by atomic mass is 16.2. The molecule has 2 aromatic rings. The first-order valence-corrected chi connectivity index (χ1v) is 9.93. The number of benzene rings is 2. The summed E-state index contributed by atoms with van der Waals surface area (Å²) in [5, 5.41) is 3.30. The molecule has 1 amide bonds. The summed E-state index contributed by atoms with van der Waals surface area (Å²) < 4.78 is 0. The molecule has 0 bridgehead atoms. The lowest BCUT2D eigenvalue weighted by atomic mass is 9.76. The average Bonchev–Trinajstić information content (AvgIpc) is 3.29. The summed E-state index contributed by atoms with van der Waals surface area (Å²) in [7, 11) is 0. The molecule has 4 nitrogen and oxygen atoms in total. The van der Waals surface area contributed by atoms with Crippen molar-refractivity contribution in [2.45, 2.75) is 31.1 Å². The third-order valence-electron chi connectivity index (χ3n) is 6.70. The summed E-state index contributed by atoms with van der Waals surface area (Å²) in [6.45, 7) is 3.27. The van der Waals surface area contributed by atoms with Crippen molar-refractivity contribution in [3.05, 3.63) is 69.8 Å². The molecule has 0 saturated carbocycles. The van der Waals surface area contributed by atoms with Crippen molar-refractivity contribution in [1.29, 1.82) is 0 Å². The first-order chi connectivity index (χ1) is 13.2. The maximum atomic E-state index is 13.0. The zero-order valence-corrected chi connectivity index (χ0v) is 15.5. The minimum Gasteiger partial charge on any atom is -0.336 e. The predicted octanol–water partition coefficient (Wildman–Crippen LogP) is 2.72. The van der Waals surface area contributed by atoms with Crippen LogP contribution in [0.15, 0.2) is 36.4 Å². The molecular weight excluding hydrogens is 336 g/mol. The lowest BCUT2D eigenvalue weighted by Gasteiger charge is -2.29. The van der Waals surface area contributed by atoms with Gasteiger partial charge in [-0.05, 0) is 66.1 Å². The highest BCUT2D eigenvalue weighted by molar-refractivity contribution is 5.95. The van der Waals surface area contributed by atoms with E-state index in [-0.39, 0.29) is 11.3 Å². The summed E-state index contributed by atoms with van der Waals surface area (Å²) in [6, 6.07) is 12.4. The Morgan fingerprint density at radius 3 is 2.33 bits per heavy atom. The van der Waals surface area contributed by atoms with Gasteiger partial charge < -0.3 is 10.2 Å². The number of fused-ring (bicyclic) bond motifs is 4. The van der Waals surface area contributed by atoms with Crippen molar-refractivity contribution < 1.29 is 9.59 Å². The Bertz CT molecular complexity index is 926. The first kappa shape index (κ1) is 16.7. The molecule has 1 N–H and O–H groups in total. The van der Waals surface area contributed by atoms with E-state index in [0.29, 0.717) is 0 Å². The number of nitrogens with one attached hydrogen (secondary N) is 1. The van der Waals surface area contributed by atoms with Gasteiger partial charge in [0, 0.05) is 42.7 Å². The smallest absolute Gasteiger partial charge is 0.253 e. The van der Waals surface area contributed by atoms with E-state index in [1.165, 1.54) is 22.3 Å². The number of hydrogen-bond donors (Lipinski definition) is 1. The molecule has 3 aliphatic rings. The van der Waals surface area contributed by atoms with Crippen LogP contribution in [0, 0.1) is 0 Å². The largest absolute Gasteiger partial charge is 0.336 e. The fourth-order valence-electron chi connectivity index (χ4n) is 5.26. The van der Waals surface area contributed by atoms with Gasteiger partial charge >= 0.3 is 0 Å². The van der Waals surface area contributed by atoms with Crippen molar-refractivity contribution in [2.24, 2.45) is 0 Å². The number of rotatable bonds is 2. The topological polar surface area (TPSA) is 49.4 Å². The molecule has 5 rings (SSSR count). The molecule has 1 atom stereocenters. The molecule has 27 heavy (non-hydrogen) atoms. The van der Waals surface area contributed by atoms with Crippen molar-refractivity contribution in [3.63, 3.8) is 0 Å². The number of nitrogens with zero attached hydrogens (tertiary/aromatic N) is 1. The van der Waals surface area contributed by atoms with Crippen LogP contribution in [0.4, 0.5) is 0 Å². The van der Waals surface area contributed by atoms with Gasteiger partial charge in [-0.2, -0.15) is 0 Å². The highest BCUT2D eigenvalue weighted by Crippen LogP contribution is 2.52. The second-order valence-corrected chi connectivity index (χ2v) is 8.03. The Labute approximate surface area is 159 Å². The number of hydrogen-bond acceptors (Lipinski definition) is 3. The predicted molar refractivity (Wildman–Crippen MR) is 104 cm³/mol. The van der Waals surface area contributed by atoms with E-state index in [1.807, 2.05) is 17.0 Å². The van der Waals surface area contributed by atoms with Crippen molar-refractivity contribution in [2.75, 3.05) is 26.2 Å². The molecule has 0 aromatic heterocycles. The first-order valence-electron chi connectivity index (χ1n) is 9.93. The van der Waals surface area contributed by atoms with E-state index in [4.69, 9.17) is 0 Å². The van der Waals surface area contributed by atoms with Gasteiger partial charge in [0.05, 0.1) is 0 Å². The number of aldehydes is 1. The molecule has 2 aromatic carbocycles. The van der Waals surface area contributed by atoms with Gasteiger partial charge in [-0.3, -0.25) is 9.59 Å². The van der Waals surface area contributed by atoms with Crippen molar-refractivity contribution >= 4 is 12.2 Å². The van der Waals surface area contributed by atoms with E-state index in [0.717, 1.165) is 69.3 Å². The van der Waals surface area contributed by atoms with Crippen LogP contribution in [0.2, 0.25) is 0 Å². The molecule has 1 aliphatic heterocycles. The van der Waals surface area contributed by atoms with Gasteiger partial charge in [-0.15, -0.1) is 0 Å². The summed E-state index contributed by atoms with van der Waals surface area (Å²) >= 11 is 0. The normalized spacial score (nSPS) is 23.3. The summed E-state index contributed by atoms with van der Waals surface area (Å²) in [4.78, 5) is 26.3. The van der Waals surface area contributed by atoms with Crippen LogP contribution in [-0.2, 0) is 18.3 Å². The van der Waals surface area contributed by atoms with E-state index >= 15 is 0 Å². The molecule has 138 valence electrons. The Kier molecular flexibility index (Phi) is 3.90. The Balaban J connectivity index is 1.56. The van der Waals surface area contributed by atoms with Crippen LogP contribution < -0.4 is 5.32 Å². The SMILES string of the molecule is O=Cc1ccc2c(c1)C1(CC2)CCc2ccc(C(=O)N3CCNCC3)cc21. The van der Waals surface area contributed by atoms with E-state index in [2.05, 4.69) is 29.6 Å². The van der Waals surface area contributed by atoms with Crippen LogP contribution in [0.5, 0.6) is 0 Å². The van der Waals surface area contributed by atoms with Crippen LogP contribution in [0.25, 0.3) is 0 Å². The highest BCUT2D eigenvalue weighted by Gasteiger charge is 2.45. The van der Waals surface area contributed by atoms with Gasteiger partial charge in [0.15, 0.2) is 0 Å². The molecular formula is C23H24N2O2.